The number of benzene rings is 2. The Bertz CT molecular complexity index is 399. The van der Waals surface area contributed by atoms with Crippen molar-refractivity contribution in [1.29, 1.82) is 0 Å². The molecule has 0 aromatic heterocycles. The second kappa shape index (κ2) is 4.67. The molecule has 2 heteroatoms. The maximum absolute atomic E-state index is 13.3. The molecule has 0 radical (unpaired) electrons. The average molecular weight is 235 g/mol. The first-order valence-corrected chi connectivity index (χ1v) is 5.51. The molecule has 0 saturated carbocycles. The van der Waals surface area contributed by atoms with Crippen LogP contribution in [0.4, 0.5) is 4.39 Å². The van der Waals surface area contributed by atoms with Gasteiger partial charge >= 0.3 is 0 Å². The van der Waals surface area contributed by atoms with Crippen LogP contribution in [0.3, 0.4) is 0 Å². The molecule has 0 heterocycles. The Kier molecular flexibility index (Phi) is 3.25. The molecule has 2 aromatic rings. The molecule has 0 fully saturated rings. The molecule has 0 N–H and O–H groups in total. The predicted octanol–water partition coefficient (Wildman–Crippen LogP) is 4.14. The maximum atomic E-state index is 13.3. The first-order chi connectivity index (χ1) is 7.77. The van der Waals surface area contributed by atoms with Crippen LogP contribution in [0.25, 0.3) is 0 Å². The number of halogens is 2. The van der Waals surface area contributed by atoms with Crippen molar-refractivity contribution in [2.75, 3.05) is 6.67 Å². The van der Waals surface area contributed by atoms with Crippen LogP contribution in [-0.2, 0) is 4.87 Å². The highest BCUT2D eigenvalue weighted by molar-refractivity contribution is 6.26. The van der Waals surface area contributed by atoms with Crippen molar-refractivity contribution in [3.8, 4) is 0 Å². The quantitative estimate of drug-likeness (QED) is 0.701. The van der Waals surface area contributed by atoms with Crippen LogP contribution in [0.1, 0.15) is 11.1 Å². The summed E-state index contributed by atoms with van der Waals surface area (Å²) in [5.74, 6) is 0. The lowest BCUT2D eigenvalue weighted by molar-refractivity contribution is 0.432. The van der Waals surface area contributed by atoms with E-state index in [2.05, 4.69) is 0 Å². The van der Waals surface area contributed by atoms with Gasteiger partial charge in [0, 0.05) is 0 Å². The van der Waals surface area contributed by atoms with Crippen molar-refractivity contribution in [1.82, 2.24) is 0 Å². The summed E-state index contributed by atoms with van der Waals surface area (Å²) in [7, 11) is 0. The van der Waals surface area contributed by atoms with E-state index in [0.717, 1.165) is 11.1 Å². The minimum absolute atomic E-state index is 0.622. The largest absolute Gasteiger partial charge is 0.248 e. The molecule has 0 spiro atoms. The molecule has 0 aliphatic heterocycles. The topological polar surface area (TPSA) is 0 Å². The lowest BCUT2D eigenvalue weighted by atomic mass is 9.91. The zero-order chi connectivity index (χ0) is 11.4. The Hall–Kier alpha value is -1.34. The fourth-order valence-electron chi connectivity index (χ4n) is 1.73. The van der Waals surface area contributed by atoms with Gasteiger partial charge in [0.15, 0.2) is 0 Å². The Morgan fingerprint density at radius 2 is 1.19 bits per heavy atom. The molecule has 2 aromatic carbocycles. The number of rotatable bonds is 3. The van der Waals surface area contributed by atoms with Gasteiger partial charge in [0.25, 0.3) is 0 Å². The van der Waals surface area contributed by atoms with Crippen LogP contribution in [0, 0.1) is 0 Å². The maximum Gasteiger partial charge on any atom is 0.123 e. The van der Waals surface area contributed by atoms with Crippen LogP contribution in [0.2, 0.25) is 0 Å². The van der Waals surface area contributed by atoms with Gasteiger partial charge in [0.1, 0.15) is 11.5 Å². The summed E-state index contributed by atoms with van der Waals surface area (Å²) in [6.45, 7) is -0.622. The van der Waals surface area contributed by atoms with E-state index < -0.39 is 11.5 Å². The summed E-state index contributed by atoms with van der Waals surface area (Å²) in [4.78, 5) is -1.07. The number of hydrogen-bond acceptors (Lipinski definition) is 0. The van der Waals surface area contributed by atoms with Crippen LogP contribution in [-0.4, -0.2) is 6.67 Å². The van der Waals surface area contributed by atoms with Gasteiger partial charge in [-0.15, -0.1) is 11.6 Å². The first kappa shape index (κ1) is 11.2. The van der Waals surface area contributed by atoms with Gasteiger partial charge in [0.05, 0.1) is 0 Å². The van der Waals surface area contributed by atoms with Gasteiger partial charge in [-0.3, -0.25) is 0 Å². The van der Waals surface area contributed by atoms with Crippen LogP contribution < -0.4 is 0 Å². The molecular formula is C14H12ClF. The highest BCUT2D eigenvalue weighted by Crippen LogP contribution is 2.36. The third-order valence-electron chi connectivity index (χ3n) is 2.65. The third-order valence-corrected chi connectivity index (χ3v) is 3.18. The van der Waals surface area contributed by atoms with Crippen LogP contribution in [0.15, 0.2) is 60.7 Å². The predicted molar refractivity (Wildman–Crippen MR) is 65.5 cm³/mol. The summed E-state index contributed by atoms with van der Waals surface area (Å²) in [5.41, 5.74) is 1.57. The highest BCUT2D eigenvalue weighted by Gasteiger charge is 2.31. The summed E-state index contributed by atoms with van der Waals surface area (Å²) in [6, 6.07) is 18.6. The van der Waals surface area contributed by atoms with Gasteiger partial charge in [-0.2, -0.15) is 0 Å². The Morgan fingerprint density at radius 1 is 0.812 bits per heavy atom. The lowest BCUT2D eigenvalue weighted by Gasteiger charge is -2.24. The molecular weight excluding hydrogens is 223 g/mol. The monoisotopic (exact) mass is 234 g/mol. The van der Waals surface area contributed by atoms with E-state index in [-0.39, 0.29) is 0 Å². The molecule has 16 heavy (non-hydrogen) atoms. The van der Waals surface area contributed by atoms with E-state index in [9.17, 15) is 4.39 Å². The first-order valence-electron chi connectivity index (χ1n) is 5.13. The summed E-state index contributed by atoms with van der Waals surface area (Å²) < 4.78 is 13.3. The number of hydrogen-bond donors (Lipinski definition) is 0. The van der Waals surface area contributed by atoms with Gasteiger partial charge in [0.2, 0.25) is 0 Å². The van der Waals surface area contributed by atoms with E-state index in [1.165, 1.54) is 0 Å². The molecule has 0 aliphatic carbocycles. The van der Waals surface area contributed by atoms with E-state index in [1.807, 2.05) is 60.7 Å². The second-order valence-corrected chi connectivity index (χ2v) is 4.31. The van der Waals surface area contributed by atoms with Crippen molar-refractivity contribution in [3.05, 3.63) is 71.8 Å². The normalized spacial score (nSPS) is 11.4. The molecule has 0 bridgehead atoms. The van der Waals surface area contributed by atoms with Crippen molar-refractivity contribution in [2.45, 2.75) is 4.87 Å². The lowest BCUT2D eigenvalue weighted by Crippen LogP contribution is -2.22. The van der Waals surface area contributed by atoms with Crippen molar-refractivity contribution >= 4 is 11.6 Å². The van der Waals surface area contributed by atoms with Crippen molar-refractivity contribution in [2.24, 2.45) is 0 Å². The molecule has 2 rings (SSSR count). The van der Waals surface area contributed by atoms with Crippen molar-refractivity contribution < 1.29 is 4.39 Å². The molecule has 82 valence electrons. The summed E-state index contributed by atoms with van der Waals surface area (Å²) in [6.07, 6.45) is 0. The van der Waals surface area contributed by atoms with Crippen molar-refractivity contribution in [3.63, 3.8) is 0 Å². The highest BCUT2D eigenvalue weighted by atomic mass is 35.5. The fourth-order valence-corrected chi connectivity index (χ4v) is 1.98. The zero-order valence-electron chi connectivity index (χ0n) is 8.74. The Labute approximate surface area is 99.7 Å². The fraction of sp³-hybridized carbons (Fsp3) is 0.143. The minimum atomic E-state index is -1.07. The molecule has 0 nitrogen and oxygen atoms in total. The Balaban J connectivity index is 2.49. The van der Waals surface area contributed by atoms with Crippen LogP contribution >= 0.6 is 11.6 Å². The van der Waals surface area contributed by atoms with E-state index in [4.69, 9.17) is 11.6 Å². The van der Waals surface area contributed by atoms with Gasteiger partial charge < -0.3 is 0 Å². The molecule has 0 saturated heterocycles. The average Bonchev–Trinajstić information content (AvgIpc) is 2.40. The summed E-state index contributed by atoms with van der Waals surface area (Å²) in [5, 5.41) is 0. The van der Waals surface area contributed by atoms with Gasteiger partial charge in [-0.1, -0.05) is 60.7 Å². The SMILES string of the molecule is FCC(Cl)(c1ccccc1)c1ccccc1. The number of alkyl halides is 2. The molecule has 0 atom stereocenters. The smallest absolute Gasteiger partial charge is 0.123 e. The molecule has 0 unspecified atom stereocenters. The third kappa shape index (κ3) is 1.96. The van der Waals surface area contributed by atoms with Crippen LogP contribution in [0.5, 0.6) is 0 Å². The molecule has 0 amide bonds. The Morgan fingerprint density at radius 3 is 1.50 bits per heavy atom. The minimum Gasteiger partial charge on any atom is -0.248 e. The second-order valence-electron chi connectivity index (χ2n) is 3.67. The van der Waals surface area contributed by atoms with E-state index >= 15 is 0 Å². The standard InChI is InChI=1S/C14H12ClF/c15-14(11-16,12-7-3-1-4-8-12)13-9-5-2-6-10-13/h1-10H,11H2. The van der Waals surface area contributed by atoms with E-state index in [0.29, 0.717) is 0 Å². The van der Waals surface area contributed by atoms with Gasteiger partial charge in [-0.25, -0.2) is 4.39 Å². The van der Waals surface area contributed by atoms with E-state index in [1.54, 1.807) is 0 Å². The van der Waals surface area contributed by atoms with Gasteiger partial charge in [-0.05, 0) is 11.1 Å². The zero-order valence-corrected chi connectivity index (χ0v) is 9.49. The molecule has 0 aliphatic rings. The summed E-state index contributed by atoms with van der Waals surface area (Å²) >= 11 is 6.40.